The first-order valence-corrected chi connectivity index (χ1v) is 10.1. The number of nitrogens with two attached hydrogens (primary N) is 1. The standard InChI is InChI=1S/C21H24Cl2F3NO3/c22-17-5-1-3-15(19(17)23)4-2-10-30-18-7-6-14(11-16(18)21(24,25)26)8-9-20(27,12-28)13-29/h1,3,5-7,11,28-29H,2,4,8-10,12-13,27H2. The number of hydrogen-bond donors (Lipinski definition) is 3. The molecule has 0 radical (unpaired) electrons. The van der Waals surface area contributed by atoms with E-state index in [1.54, 1.807) is 18.2 Å². The fourth-order valence-corrected chi connectivity index (χ4v) is 3.28. The maximum Gasteiger partial charge on any atom is 0.419 e. The number of rotatable bonds is 10. The minimum atomic E-state index is -4.59. The number of aliphatic hydroxyl groups excluding tert-OH is 2. The van der Waals surface area contributed by atoms with Crippen molar-refractivity contribution in [2.75, 3.05) is 19.8 Å². The summed E-state index contributed by atoms with van der Waals surface area (Å²) in [6.07, 6.45) is -3.30. The molecule has 0 fully saturated rings. The van der Waals surface area contributed by atoms with E-state index < -0.39 is 30.5 Å². The summed E-state index contributed by atoms with van der Waals surface area (Å²) in [5.41, 5.74) is 4.85. The molecule has 0 aliphatic carbocycles. The van der Waals surface area contributed by atoms with Crippen LogP contribution >= 0.6 is 23.2 Å². The van der Waals surface area contributed by atoms with E-state index in [2.05, 4.69) is 0 Å². The van der Waals surface area contributed by atoms with Crippen LogP contribution in [0.5, 0.6) is 5.75 Å². The lowest BCUT2D eigenvalue weighted by Crippen LogP contribution is -2.47. The van der Waals surface area contributed by atoms with Gasteiger partial charge < -0.3 is 20.7 Å². The van der Waals surface area contributed by atoms with Gasteiger partial charge in [-0.25, -0.2) is 0 Å². The predicted octanol–water partition coefficient (Wildman–Crippen LogP) is 4.64. The van der Waals surface area contributed by atoms with Gasteiger partial charge in [-0.3, -0.25) is 0 Å². The monoisotopic (exact) mass is 465 g/mol. The lowest BCUT2D eigenvalue weighted by Gasteiger charge is -2.24. The van der Waals surface area contributed by atoms with Crippen LogP contribution in [0.2, 0.25) is 10.0 Å². The summed E-state index contributed by atoms with van der Waals surface area (Å²) < 4.78 is 45.9. The zero-order valence-corrected chi connectivity index (χ0v) is 17.7. The van der Waals surface area contributed by atoms with E-state index in [1.165, 1.54) is 12.1 Å². The summed E-state index contributed by atoms with van der Waals surface area (Å²) in [6, 6.07) is 9.04. The van der Waals surface area contributed by atoms with Crippen LogP contribution < -0.4 is 10.5 Å². The predicted molar refractivity (Wildman–Crippen MR) is 111 cm³/mol. The Hall–Kier alpha value is -1.51. The van der Waals surface area contributed by atoms with Crippen LogP contribution in [0.3, 0.4) is 0 Å². The van der Waals surface area contributed by atoms with Crippen molar-refractivity contribution < 1.29 is 28.1 Å². The molecule has 4 nitrogen and oxygen atoms in total. The molecular weight excluding hydrogens is 442 g/mol. The van der Waals surface area contributed by atoms with Gasteiger partial charge in [0.15, 0.2) is 0 Å². The topological polar surface area (TPSA) is 75.7 Å². The maximum atomic E-state index is 13.5. The third-order valence-electron chi connectivity index (χ3n) is 4.77. The molecule has 0 bridgehead atoms. The molecule has 0 saturated heterocycles. The van der Waals surface area contributed by atoms with Gasteiger partial charge in [0.2, 0.25) is 0 Å². The average molecular weight is 466 g/mol. The second-order valence-corrected chi connectivity index (χ2v) is 7.96. The van der Waals surface area contributed by atoms with E-state index in [-0.39, 0.29) is 25.2 Å². The molecule has 0 aromatic heterocycles. The Balaban J connectivity index is 2.03. The number of halogens is 5. The summed E-state index contributed by atoms with van der Waals surface area (Å²) in [7, 11) is 0. The highest BCUT2D eigenvalue weighted by molar-refractivity contribution is 6.42. The van der Waals surface area contributed by atoms with Crippen LogP contribution in [0.4, 0.5) is 13.2 Å². The van der Waals surface area contributed by atoms with Crippen LogP contribution in [-0.2, 0) is 19.0 Å². The Morgan fingerprint density at radius 1 is 1.00 bits per heavy atom. The first kappa shape index (κ1) is 24.8. The third-order valence-corrected chi connectivity index (χ3v) is 5.63. The van der Waals surface area contributed by atoms with Crippen molar-refractivity contribution in [3.05, 3.63) is 63.1 Å². The van der Waals surface area contributed by atoms with E-state index >= 15 is 0 Å². The Morgan fingerprint density at radius 2 is 1.70 bits per heavy atom. The van der Waals surface area contributed by atoms with Crippen molar-refractivity contribution >= 4 is 23.2 Å². The molecule has 30 heavy (non-hydrogen) atoms. The van der Waals surface area contributed by atoms with Gasteiger partial charge in [0, 0.05) is 0 Å². The van der Waals surface area contributed by atoms with Crippen molar-refractivity contribution in [1.82, 2.24) is 0 Å². The number of aliphatic hydroxyl groups is 2. The molecule has 0 saturated carbocycles. The zero-order valence-electron chi connectivity index (χ0n) is 16.2. The van der Waals surface area contributed by atoms with Crippen LogP contribution in [0, 0.1) is 0 Å². The van der Waals surface area contributed by atoms with E-state index in [9.17, 15) is 23.4 Å². The molecule has 0 aliphatic heterocycles. The third kappa shape index (κ3) is 6.75. The van der Waals surface area contributed by atoms with E-state index in [0.717, 1.165) is 11.6 Å². The van der Waals surface area contributed by atoms with Gasteiger partial charge in [-0.15, -0.1) is 0 Å². The first-order chi connectivity index (χ1) is 14.1. The van der Waals surface area contributed by atoms with E-state index in [1.807, 2.05) is 0 Å². The lowest BCUT2D eigenvalue weighted by molar-refractivity contribution is -0.139. The van der Waals surface area contributed by atoms with Gasteiger partial charge in [0.25, 0.3) is 0 Å². The number of ether oxygens (including phenoxy) is 1. The fraction of sp³-hybridized carbons (Fsp3) is 0.429. The first-order valence-electron chi connectivity index (χ1n) is 9.36. The smallest absolute Gasteiger partial charge is 0.419 e. The summed E-state index contributed by atoms with van der Waals surface area (Å²) in [6.45, 7) is -0.854. The molecule has 0 spiro atoms. The van der Waals surface area contributed by atoms with Gasteiger partial charge in [-0.1, -0.05) is 41.4 Å². The molecule has 9 heteroatoms. The van der Waals surface area contributed by atoms with Crippen LogP contribution in [0.25, 0.3) is 0 Å². The molecule has 2 rings (SSSR count). The largest absolute Gasteiger partial charge is 0.493 e. The molecule has 2 aromatic carbocycles. The molecule has 0 aliphatic rings. The van der Waals surface area contributed by atoms with E-state index in [4.69, 9.17) is 33.7 Å². The highest BCUT2D eigenvalue weighted by Gasteiger charge is 2.35. The summed E-state index contributed by atoms with van der Waals surface area (Å²) in [5.74, 6) is -0.258. The zero-order chi connectivity index (χ0) is 22.4. The molecule has 0 unspecified atom stereocenters. The van der Waals surface area contributed by atoms with Crippen LogP contribution in [0.1, 0.15) is 29.5 Å². The second kappa shape index (κ2) is 10.7. The average Bonchev–Trinajstić information content (AvgIpc) is 2.72. The highest BCUT2D eigenvalue weighted by atomic mass is 35.5. The van der Waals surface area contributed by atoms with Gasteiger partial charge in [-0.05, 0) is 55.0 Å². The Bertz CT molecular complexity index is 843. The summed E-state index contributed by atoms with van der Waals surface area (Å²) >= 11 is 12.1. The molecular formula is C21H24Cl2F3NO3. The molecule has 4 N–H and O–H groups in total. The van der Waals surface area contributed by atoms with Gasteiger partial charge in [0.05, 0.1) is 41.0 Å². The van der Waals surface area contributed by atoms with Crippen LogP contribution in [0.15, 0.2) is 36.4 Å². The Kier molecular flexibility index (Phi) is 8.82. The van der Waals surface area contributed by atoms with Crippen molar-refractivity contribution in [3.63, 3.8) is 0 Å². The molecule has 0 amide bonds. The highest BCUT2D eigenvalue weighted by Crippen LogP contribution is 2.37. The molecule has 0 atom stereocenters. The number of hydrogen-bond acceptors (Lipinski definition) is 4. The van der Waals surface area contributed by atoms with Gasteiger partial charge in [-0.2, -0.15) is 13.2 Å². The minimum Gasteiger partial charge on any atom is -0.493 e. The van der Waals surface area contributed by atoms with Gasteiger partial charge >= 0.3 is 6.18 Å². The lowest BCUT2D eigenvalue weighted by atomic mass is 9.93. The SMILES string of the molecule is NC(CO)(CO)CCc1ccc(OCCCc2cccc(Cl)c2Cl)c(C(F)(F)F)c1. The molecule has 0 heterocycles. The Labute approximate surface area is 183 Å². The number of aryl methyl sites for hydroxylation is 2. The second-order valence-electron chi connectivity index (χ2n) is 7.17. The fourth-order valence-electron chi connectivity index (χ4n) is 2.87. The van der Waals surface area contributed by atoms with E-state index in [0.29, 0.717) is 28.5 Å². The number of alkyl halides is 3. The quantitative estimate of drug-likeness (QED) is 0.446. The summed E-state index contributed by atoms with van der Waals surface area (Å²) in [4.78, 5) is 0. The molecule has 2 aromatic rings. The Morgan fingerprint density at radius 3 is 2.33 bits per heavy atom. The van der Waals surface area contributed by atoms with Crippen molar-refractivity contribution in [2.24, 2.45) is 5.73 Å². The maximum absolute atomic E-state index is 13.5. The normalized spacial score (nSPS) is 12.3. The van der Waals surface area contributed by atoms with Gasteiger partial charge in [0.1, 0.15) is 5.75 Å². The van der Waals surface area contributed by atoms with Crippen molar-refractivity contribution in [2.45, 2.75) is 37.4 Å². The molecule has 166 valence electrons. The summed E-state index contributed by atoms with van der Waals surface area (Å²) in [5, 5.41) is 19.3. The minimum absolute atomic E-state index is 0.0756. The van der Waals surface area contributed by atoms with Crippen molar-refractivity contribution in [3.8, 4) is 5.75 Å². The van der Waals surface area contributed by atoms with Crippen LogP contribution in [-0.4, -0.2) is 35.6 Å². The van der Waals surface area contributed by atoms with Crippen molar-refractivity contribution in [1.29, 1.82) is 0 Å². The number of benzene rings is 2.